The molecule has 2 heterocycles. The smallest absolute Gasteiger partial charge is 0.748 e. The quantitative estimate of drug-likeness (QED) is 0.240. The Morgan fingerprint density at radius 2 is 1.79 bits per heavy atom. The number of thioether (sulfide) groups is 1. The summed E-state index contributed by atoms with van der Waals surface area (Å²) in [4.78, 5) is 15.0. The van der Waals surface area contributed by atoms with E-state index in [1.807, 2.05) is 11.0 Å². The van der Waals surface area contributed by atoms with Crippen LogP contribution in [0.25, 0.3) is 0 Å². The van der Waals surface area contributed by atoms with Crippen molar-refractivity contribution in [3.05, 3.63) is 82.3 Å². The first kappa shape index (κ1) is 26.7. The summed E-state index contributed by atoms with van der Waals surface area (Å²) in [5, 5.41) is 0.748. The first-order valence-electron chi connectivity index (χ1n) is 9.84. The molecule has 0 spiro atoms. The Labute approximate surface area is 224 Å². The number of Topliss-reactive ketones (excluding diaryl/α,β-unsaturated/α-hetero) is 1. The minimum absolute atomic E-state index is 0. The summed E-state index contributed by atoms with van der Waals surface area (Å²) < 4.78 is 58.2. The number of hydrogen-bond acceptors (Lipinski definition) is 9. The van der Waals surface area contributed by atoms with Gasteiger partial charge in [-0.2, -0.15) is 0 Å². The fourth-order valence-corrected chi connectivity index (χ4v) is 6.77. The number of nitrogens with two attached hydrogens (primary N) is 1. The van der Waals surface area contributed by atoms with Crippen molar-refractivity contribution in [3.8, 4) is 0 Å². The topological polar surface area (TPSA) is 138 Å². The average molecular weight is 527 g/mol. The zero-order valence-electron chi connectivity index (χ0n) is 18.2. The number of carbonyl (C=O) groups excluding carboxylic acids is 1. The van der Waals surface area contributed by atoms with E-state index in [0.29, 0.717) is 12.2 Å². The molecule has 12 heteroatoms. The van der Waals surface area contributed by atoms with Gasteiger partial charge in [-0.25, -0.2) is 16.8 Å². The van der Waals surface area contributed by atoms with E-state index in [2.05, 4.69) is 0 Å². The third-order valence-corrected chi connectivity index (χ3v) is 8.80. The van der Waals surface area contributed by atoms with E-state index in [1.165, 1.54) is 36.0 Å². The van der Waals surface area contributed by atoms with Crippen molar-refractivity contribution >= 4 is 48.9 Å². The average Bonchev–Trinajstić information content (AvgIpc) is 3.17. The number of benzene rings is 2. The SMILES string of the molecule is Nc1ccc2c(c1)S/C(=C/C=C/C=C1/C(=O)c3ccccc3S1(=O)=O)N2CCCS(=O)(=O)[O-].[Na+]. The molecule has 34 heavy (non-hydrogen) atoms. The molecule has 0 bridgehead atoms. The maximum atomic E-state index is 12.6. The van der Waals surface area contributed by atoms with Gasteiger partial charge in [-0.15, -0.1) is 0 Å². The Bertz CT molecular complexity index is 1450. The molecule has 0 aliphatic carbocycles. The van der Waals surface area contributed by atoms with Crippen LogP contribution in [0.15, 0.2) is 86.5 Å². The van der Waals surface area contributed by atoms with Crippen LogP contribution >= 0.6 is 11.8 Å². The van der Waals surface area contributed by atoms with E-state index >= 15 is 0 Å². The maximum absolute atomic E-state index is 12.6. The van der Waals surface area contributed by atoms with Crippen LogP contribution < -0.4 is 40.2 Å². The van der Waals surface area contributed by atoms with Gasteiger partial charge in [0.15, 0.2) is 0 Å². The van der Waals surface area contributed by atoms with Gasteiger partial charge < -0.3 is 15.2 Å². The summed E-state index contributed by atoms with van der Waals surface area (Å²) in [5.41, 5.74) is 7.44. The van der Waals surface area contributed by atoms with E-state index in [4.69, 9.17) is 5.73 Å². The van der Waals surface area contributed by atoms with E-state index in [1.54, 1.807) is 36.4 Å². The number of carbonyl (C=O) groups is 1. The zero-order valence-corrected chi connectivity index (χ0v) is 22.6. The fraction of sp³-hybridized carbons (Fsp3) is 0.136. The molecule has 0 amide bonds. The van der Waals surface area contributed by atoms with Crippen LogP contribution in [0.2, 0.25) is 0 Å². The standard InChI is InChI=1S/C22H20N2O6S3.Na/c23-15-10-11-17-18(14-15)31-21(24(17)12-5-13-32(26,27)28)9-4-3-8-20-22(25)16-6-1-2-7-19(16)33(20,29)30;/h1-4,6-11,14H,5,12-13,23H2,(H,26,27,28);/q;+1/p-1/b4-3+,20-8-,21-9+;. The number of hydrogen-bond donors (Lipinski definition) is 1. The molecule has 172 valence electrons. The van der Waals surface area contributed by atoms with Crippen molar-refractivity contribution in [1.82, 2.24) is 0 Å². The molecule has 0 atom stereocenters. The molecule has 0 saturated heterocycles. The van der Waals surface area contributed by atoms with Gasteiger partial charge in [-0.3, -0.25) is 4.79 Å². The summed E-state index contributed by atoms with van der Waals surface area (Å²) in [5.74, 6) is -1.02. The number of ketones is 1. The van der Waals surface area contributed by atoms with Crippen LogP contribution in [-0.4, -0.2) is 39.5 Å². The molecule has 0 aromatic heterocycles. The molecule has 2 N–H and O–H groups in total. The second-order valence-corrected chi connectivity index (χ2v) is 11.8. The second-order valence-electron chi connectivity index (χ2n) is 7.35. The molecule has 0 unspecified atom stereocenters. The van der Waals surface area contributed by atoms with E-state index in [-0.39, 0.29) is 51.3 Å². The van der Waals surface area contributed by atoms with Crippen LogP contribution in [0.1, 0.15) is 16.8 Å². The fourth-order valence-electron chi connectivity index (χ4n) is 3.58. The Kier molecular flexibility index (Phi) is 8.18. The van der Waals surface area contributed by atoms with E-state index in [9.17, 15) is 26.2 Å². The normalized spacial score (nSPS) is 19.0. The van der Waals surface area contributed by atoms with Gasteiger partial charge in [0.2, 0.25) is 15.6 Å². The molecule has 0 saturated carbocycles. The van der Waals surface area contributed by atoms with Crippen LogP contribution in [0.4, 0.5) is 11.4 Å². The van der Waals surface area contributed by atoms with Crippen molar-refractivity contribution in [2.75, 3.05) is 22.9 Å². The van der Waals surface area contributed by atoms with Gasteiger partial charge in [-0.1, -0.05) is 36.0 Å². The number of anilines is 2. The van der Waals surface area contributed by atoms with Crippen LogP contribution in [-0.2, 0) is 20.0 Å². The molecule has 2 aliphatic rings. The van der Waals surface area contributed by atoms with Gasteiger partial charge in [0.25, 0.3) is 0 Å². The minimum atomic E-state index is -4.32. The molecule has 4 rings (SSSR count). The van der Waals surface area contributed by atoms with Gasteiger partial charge in [0.05, 0.1) is 25.7 Å². The minimum Gasteiger partial charge on any atom is -0.748 e. The third kappa shape index (κ3) is 5.51. The largest absolute Gasteiger partial charge is 1.00 e. The number of rotatable bonds is 6. The van der Waals surface area contributed by atoms with Crippen molar-refractivity contribution < 1.29 is 55.7 Å². The number of nitrogens with zero attached hydrogens (tertiary/aromatic N) is 1. The monoisotopic (exact) mass is 526 g/mol. The molecular weight excluding hydrogens is 507 g/mol. The van der Waals surface area contributed by atoms with Gasteiger partial charge in [0, 0.05) is 28.4 Å². The summed E-state index contributed by atoms with van der Waals surface area (Å²) in [6.45, 7) is 0.300. The van der Waals surface area contributed by atoms with Crippen molar-refractivity contribution in [2.24, 2.45) is 0 Å². The first-order valence-corrected chi connectivity index (χ1v) is 13.7. The van der Waals surface area contributed by atoms with Crippen molar-refractivity contribution in [3.63, 3.8) is 0 Å². The molecule has 0 radical (unpaired) electrons. The molecular formula is C22H19N2NaO6S3. The molecule has 2 aromatic carbocycles. The van der Waals surface area contributed by atoms with Gasteiger partial charge in [0.1, 0.15) is 4.91 Å². The Morgan fingerprint density at radius 1 is 1.09 bits per heavy atom. The Hall–Kier alpha value is -1.86. The van der Waals surface area contributed by atoms with Crippen LogP contribution in [0.5, 0.6) is 0 Å². The van der Waals surface area contributed by atoms with Crippen LogP contribution in [0, 0.1) is 0 Å². The van der Waals surface area contributed by atoms with Gasteiger partial charge >= 0.3 is 29.6 Å². The second kappa shape index (κ2) is 10.4. The zero-order chi connectivity index (χ0) is 23.8. The molecule has 2 aromatic rings. The Balaban J connectivity index is 0.00000324. The Morgan fingerprint density at radius 3 is 2.50 bits per heavy atom. The summed E-state index contributed by atoms with van der Waals surface area (Å²) >= 11 is 1.41. The van der Waals surface area contributed by atoms with E-state index < -0.39 is 31.5 Å². The summed E-state index contributed by atoms with van der Waals surface area (Å²) in [6.07, 6.45) is 6.22. The third-order valence-electron chi connectivity index (χ3n) is 5.06. The molecule has 0 fully saturated rings. The predicted molar refractivity (Wildman–Crippen MR) is 127 cm³/mol. The van der Waals surface area contributed by atoms with E-state index in [0.717, 1.165) is 15.6 Å². The van der Waals surface area contributed by atoms with Gasteiger partial charge in [-0.05, 0) is 48.9 Å². The number of allylic oxidation sites excluding steroid dienone is 5. The maximum Gasteiger partial charge on any atom is 1.00 e. The molecule has 8 nitrogen and oxygen atoms in total. The molecule has 2 aliphatic heterocycles. The van der Waals surface area contributed by atoms with Crippen LogP contribution in [0.3, 0.4) is 0 Å². The number of fused-ring (bicyclic) bond motifs is 2. The summed E-state index contributed by atoms with van der Waals surface area (Å²) in [7, 11) is -8.18. The summed E-state index contributed by atoms with van der Waals surface area (Å²) in [6, 6.07) is 11.4. The number of sulfone groups is 1. The predicted octanol–water partition coefficient (Wildman–Crippen LogP) is 0.0719. The first-order chi connectivity index (χ1) is 15.6. The number of nitrogen functional groups attached to an aromatic ring is 1. The van der Waals surface area contributed by atoms with Crippen molar-refractivity contribution in [2.45, 2.75) is 16.2 Å². The van der Waals surface area contributed by atoms with Crippen molar-refractivity contribution in [1.29, 1.82) is 0 Å².